The lowest BCUT2D eigenvalue weighted by molar-refractivity contribution is -0.137. The van der Waals surface area contributed by atoms with Crippen molar-refractivity contribution in [1.29, 1.82) is 0 Å². The molecule has 1 aliphatic rings. The van der Waals surface area contributed by atoms with Gasteiger partial charge < -0.3 is 14.4 Å². The summed E-state index contributed by atoms with van der Waals surface area (Å²) in [5.74, 6) is -1.56. The quantitative estimate of drug-likeness (QED) is 0.401. The number of ether oxygens (including phenoxy) is 2. The third-order valence-electron chi connectivity index (χ3n) is 4.69. The Hall–Kier alpha value is -1.70. The number of alkyl halides is 3. The summed E-state index contributed by atoms with van der Waals surface area (Å²) in [6, 6.07) is 0.927. The maximum Gasteiger partial charge on any atom is 0.416 e. The van der Waals surface area contributed by atoms with Gasteiger partial charge in [0.05, 0.1) is 10.6 Å². The molecule has 1 saturated carbocycles. The first kappa shape index (κ1) is 23.6. The van der Waals surface area contributed by atoms with Crippen molar-refractivity contribution in [3.63, 3.8) is 0 Å². The number of halogens is 5. The Labute approximate surface area is 173 Å². The van der Waals surface area contributed by atoms with Crippen LogP contribution in [0.1, 0.15) is 58.4 Å². The second kappa shape index (κ2) is 8.98. The highest BCUT2D eigenvalue weighted by atomic mass is 35.5. The molecule has 29 heavy (non-hydrogen) atoms. The fraction of sp³-hybridized carbons (Fsp3) is 0.650. The van der Waals surface area contributed by atoms with E-state index in [0.29, 0.717) is 31.4 Å². The van der Waals surface area contributed by atoms with E-state index in [1.165, 1.54) is 4.90 Å². The molecule has 2 atom stereocenters. The Morgan fingerprint density at radius 2 is 1.79 bits per heavy atom. The van der Waals surface area contributed by atoms with Gasteiger partial charge >= 0.3 is 12.3 Å². The number of hydrogen-bond donors (Lipinski definition) is 0. The van der Waals surface area contributed by atoms with Gasteiger partial charge in [0.2, 0.25) is 0 Å². The summed E-state index contributed by atoms with van der Waals surface area (Å²) in [6.07, 6.45) is -2.58. The van der Waals surface area contributed by atoms with Crippen molar-refractivity contribution < 1.29 is 31.8 Å². The fourth-order valence-electron chi connectivity index (χ4n) is 3.23. The van der Waals surface area contributed by atoms with Crippen LogP contribution in [0.4, 0.5) is 22.4 Å². The van der Waals surface area contributed by atoms with Crippen LogP contribution in [0, 0.1) is 5.82 Å². The van der Waals surface area contributed by atoms with Crippen molar-refractivity contribution in [3.05, 3.63) is 28.5 Å². The molecule has 2 rings (SSSR count). The minimum atomic E-state index is -4.67. The molecule has 1 aromatic carbocycles. The molecule has 0 saturated heterocycles. The summed E-state index contributed by atoms with van der Waals surface area (Å²) in [7, 11) is 1.61. The van der Waals surface area contributed by atoms with E-state index in [1.807, 2.05) is 0 Å². The van der Waals surface area contributed by atoms with Crippen LogP contribution in [0.25, 0.3) is 0 Å². The Kier molecular flexibility index (Phi) is 7.30. The molecular weight excluding hydrogens is 414 g/mol. The molecule has 0 spiro atoms. The number of nitrogens with zero attached hydrogens (tertiary/aromatic N) is 1. The van der Waals surface area contributed by atoms with E-state index >= 15 is 0 Å². The van der Waals surface area contributed by atoms with E-state index in [4.69, 9.17) is 21.1 Å². The average Bonchev–Trinajstić information content (AvgIpc) is 2.81. The van der Waals surface area contributed by atoms with E-state index in [9.17, 15) is 22.4 Å². The molecule has 0 heterocycles. The number of rotatable bonds is 3. The molecule has 0 aromatic heterocycles. The number of carbonyl (C=O) groups is 1. The standard InChI is InChI=1S/C20H26ClF4NO3/c1-19(2,3)29-18(27)26(4)13-7-5-6-8-14(11-13)28-16-10-12(20(23,24)25)9-15(21)17(16)22/h9-10,13-14H,5-8,11H2,1-4H3/t13-,14-/m0/s1. The van der Waals surface area contributed by atoms with Crippen LogP contribution in [0.15, 0.2) is 12.1 Å². The Morgan fingerprint density at radius 3 is 2.38 bits per heavy atom. The van der Waals surface area contributed by atoms with Gasteiger partial charge in [0.15, 0.2) is 11.6 Å². The van der Waals surface area contributed by atoms with Crippen LogP contribution >= 0.6 is 11.6 Å². The number of hydrogen-bond acceptors (Lipinski definition) is 3. The lowest BCUT2D eigenvalue weighted by atomic mass is 10.1. The van der Waals surface area contributed by atoms with E-state index < -0.39 is 46.1 Å². The van der Waals surface area contributed by atoms with E-state index in [-0.39, 0.29) is 6.04 Å². The maximum atomic E-state index is 14.3. The molecule has 4 nitrogen and oxygen atoms in total. The third-order valence-corrected chi connectivity index (χ3v) is 4.97. The molecule has 164 valence electrons. The number of benzene rings is 1. The molecule has 0 aliphatic heterocycles. The van der Waals surface area contributed by atoms with Crippen molar-refractivity contribution in [2.45, 2.75) is 76.8 Å². The molecule has 9 heteroatoms. The van der Waals surface area contributed by atoms with Crippen LogP contribution in [0.3, 0.4) is 0 Å². The molecular formula is C20H26ClF4NO3. The van der Waals surface area contributed by atoms with Crippen molar-refractivity contribution in [2.24, 2.45) is 0 Å². The highest BCUT2D eigenvalue weighted by molar-refractivity contribution is 6.31. The van der Waals surface area contributed by atoms with Gasteiger partial charge in [-0.3, -0.25) is 0 Å². The van der Waals surface area contributed by atoms with Crippen molar-refractivity contribution in [1.82, 2.24) is 4.90 Å². The van der Waals surface area contributed by atoms with Crippen LogP contribution in [-0.4, -0.2) is 35.8 Å². The van der Waals surface area contributed by atoms with Crippen molar-refractivity contribution >= 4 is 17.7 Å². The van der Waals surface area contributed by atoms with Crippen molar-refractivity contribution in [2.75, 3.05) is 7.05 Å². The summed E-state index contributed by atoms with van der Waals surface area (Å²) in [4.78, 5) is 13.8. The van der Waals surface area contributed by atoms with Gasteiger partial charge in [-0.2, -0.15) is 13.2 Å². The molecule has 0 unspecified atom stereocenters. The Balaban J connectivity index is 2.17. The largest absolute Gasteiger partial charge is 0.487 e. The highest BCUT2D eigenvalue weighted by Gasteiger charge is 2.34. The predicted octanol–water partition coefficient (Wildman–Crippen LogP) is 6.44. The Bertz CT molecular complexity index is 734. The van der Waals surface area contributed by atoms with Gasteiger partial charge in [0.1, 0.15) is 11.7 Å². The topological polar surface area (TPSA) is 38.8 Å². The van der Waals surface area contributed by atoms with Crippen LogP contribution in [0.2, 0.25) is 5.02 Å². The molecule has 0 radical (unpaired) electrons. The molecule has 1 aliphatic carbocycles. The summed E-state index contributed by atoms with van der Waals surface area (Å²) in [5.41, 5.74) is -1.72. The van der Waals surface area contributed by atoms with Gasteiger partial charge in [-0.05, 0) is 52.2 Å². The van der Waals surface area contributed by atoms with Gasteiger partial charge in [-0.1, -0.05) is 18.0 Å². The van der Waals surface area contributed by atoms with E-state index in [2.05, 4.69) is 0 Å². The van der Waals surface area contributed by atoms with Gasteiger partial charge in [-0.15, -0.1) is 0 Å². The zero-order valence-electron chi connectivity index (χ0n) is 16.9. The summed E-state index contributed by atoms with van der Waals surface area (Å²) in [6.45, 7) is 5.29. The second-order valence-electron chi connectivity index (χ2n) is 8.27. The van der Waals surface area contributed by atoms with E-state index in [0.717, 1.165) is 12.8 Å². The van der Waals surface area contributed by atoms with Crippen molar-refractivity contribution in [3.8, 4) is 5.75 Å². The first-order valence-corrected chi connectivity index (χ1v) is 9.84. The smallest absolute Gasteiger partial charge is 0.416 e. The monoisotopic (exact) mass is 439 g/mol. The van der Waals surface area contributed by atoms with Gasteiger partial charge in [0, 0.05) is 19.5 Å². The summed E-state index contributed by atoms with van der Waals surface area (Å²) in [5, 5.41) is -0.647. The molecule has 1 amide bonds. The minimum absolute atomic E-state index is 0.235. The first-order chi connectivity index (χ1) is 13.3. The number of amides is 1. The molecule has 1 fully saturated rings. The second-order valence-corrected chi connectivity index (χ2v) is 8.68. The van der Waals surface area contributed by atoms with Gasteiger partial charge in [-0.25, -0.2) is 9.18 Å². The third kappa shape index (κ3) is 6.66. The Morgan fingerprint density at radius 1 is 1.17 bits per heavy atom. The van der Waals surface area contributed by atoms with Crippen LogP contribution < -0.4 is 4.74 Å². The first-order valence-electron chi connectivity index (χ1n) is 9.46. The van der Waals surface area contributed by atoms with E-state index in [1.54, 1.807) is 27.8 Å². The SMILES string of the molecule is CN(C(=O)OC(C)(C)C)[C@H]1CCCC[C@H](Oc2cc(C(F)(F)F)cc(Cl)c2F)C1. The fourth-order valence-corrected chi connectivity index (χ4v) is 3.44. The zero-order valence-corrected chi connectivity index (χ0v) is 17.7. The normalized spacial score (nSPS) is 20.7. The maximum absolute atomic E-state index is 14.3. The molecule has 0 N–H and O–H groups in total. The van der Waals surface area contributed by atoms with Gasteiger partial charge in [0.25, 0.3) is 0 Å². The number of carbonyl (C=O) groups excluding carboxylic acids is 1. The molecule has 0 bridgehead atoms. The zero-order chi connectivity index (χ0) is 22.0. The van der Waals surface area contributed by atoms with Crippen LogP contribution in [-0.2, 0) is 10.9 Å². The summed E-state index contributed by atoms with van der Waals surface area (Å²) >= 11 is 5.63. The average molecular weight is 440 g/mol. The lowest BCUT2D eigenvalue weighted by Gasteiger charge is -2.31. The van der Waals surface area contributed by atoms with Crippen LogP contribution in [0.5, 0.6) is 5.75 Å². The highest BCUT2D eigenvalue weighted by Crippen LogP contribution is 2.37. The predicted molar refractivity (Wildman–Crippen MR) is 102 cm³/mol. The molecule has 1 aromatic rings. The lowest BCUT2D eigenvalue weighted by Crippen LogP contribution is -2.42. The minimum Gasteiger partial charge on any atom is -0.487 e. The summed E-state index contributed by atoms with van der Waals surface area (Å²) < 4.78 is 64.3.